The molecule has 0 aliphatic heterocycles. The van der Waals surface area contributed by atoms with Gasteiger partial charge in [0.15, 0.2) is 0 Å². The molecule has 0 fully saturated rings. The van der Waals surface area contributed by atoms with Crippen molar-refractivity contribution in [2.24, 2.45) is 5.73 Å². The molecule has 1 unspecified atom stereocenters. The second kappa shape index (κ2) is 6.23. The van der Waals surface area contributed by atoms with Crippen LogP contribution in [-0.2, 0) is 0 Å². The number of nitrogens with zero attached hydrogens (tertiary/aromatic N) is 1. The maximum Gasteiger partial charge on any atom is 0.219 e. The highest BCUT2D eigenvalue weighted by Gasteiger charge is 2.01. The van der Waals surface area contributed by atoms with Gasteiger partial charge in [-0.25, -0.2) is 4.98 Å². The fraction of sp³-hybridized carbons (Fsp3) is 0.154. The van der Waals surface area contributed by atoms with Gasteiger partial charge in [-0.15, -0.1) is 12.4 Å². The minimum absolute atomic E-state index is 0. The lowest BCUT2D eigenvalue weighted by Gasteiger charge is -2.07. The molecular weight excluding hydrogens is 236 g/mol. The fourth-order valence-corrected chi connectivity index (χ4v) is 1.33. The van der Waals surface area contributed by atoms with Gasteiger partial charge in [0, 0.05) is 18.3 Å². The van der Waals surface area contributed by atoms with Gasteiger partial charge in [-0.3, -0.25) is 0 Å². The third kappa shape index (κ3) is 3.73. The standard InChI is InChI=1S/C13H14N2O.ClH/c1-10(14)11-7-8-13(15-9-11)16-12-5-3-2-4-6-12;/h2-10H,14H2,1H3;1H. The summed E-state index contributed by atoms with van der Waals surface area (Å²) in [6.07, 6.45) is 1.74. The lowest BCUT2D eigenvalue weighted by atomic mass is 10.2. The Hall–Kier alpha value is -1.58. The third-order valence-electron chi connectivity index (χ3n) is 2.25. The first-order valence-corrected chi connectivity index (χ1v) is 5.20. The largest absolute Gasteiger partial charge is 0.439 e. The molecule has 1 heterocycles. The van der Waals surface area contributed by atoms with Crippen LogP contribution in [-0.4, -0.2) is 4.98 Å². The highest BCUT2D eigenvalue weighted by molar-refractivity contribution is 5.85. The second-order valence-electron chi connectivity index (χ2n) is 3.63. The molecule has 90 valence electrons. The van der Waals surface area contributed by atoms with Crippen LogP contribution >= 0.6 is 12.4 Å². The average Bonchev–Trinajstić information content (AvgIpc) is 2.31. The summed E-state index contributed by atoms with van der Waals surface area (Å²) in [6.45, 7) is 1.93. The number of hydrogen-bond donors (Lipinski definition) is 1. The summed E-state index contributed by atoms with van der Waals surface area (Å²) in [7, 11) is 0. The van der Waals surface area contributed by atoms with Gasteiger partial charge in [-0.05, 0) is 24.6 Å². The molecule has 1 aromatic heterocycles. The van der Waals surface area contributed by atoms with Gasteiger partial charge in [0.05, 0.1) is 0 Å². The lowest BCUT2D eigenvalue weighted by molar-refractivity contribution is 0.462. The number of rotatable bonds is 3. The molecule has 1 atom stereocenters. The molecule has 0 amide bonds. The normalized spacial score (nSPS) is 11.4. The smallest absolute Gasteiger partial charge is 0.219 e. The van der Waals surface area contributed by atoms with Crippen LogP contribution in [0.5, 0.6) is 11.6 Å². The molecule has 0 saturated carbocycles. The predicted molar refractivity (Wildman–Crippen MR) is 70.6 cm³/mol. The monoisotopic (exact) mass is 250 g/mol. The molecule has 3 nitrogen and oxygen atoms in total. The Kier molecular flexibility index (Phi) is 4.94. The van der Waals surface area contributed by atoms with Crippen molar-refractivity contribution in [3.63, 3.8) is 0 Å². The number of pyridine rings is 1. The Morgan fingerprint density at radius 2 is 1.82 bits per heavy atom. The number of nitrogens with two attached hydrogens (primary N) is 1. The molecule has 17 heavy (non-hydrogen) atoms. The van der Waals surface area contributed by atoms with Crippen molar-refractivity contribution in [3.8, 4) is 11.6 Å². The molecule has 0 aliphatic rings. The summed E-state index contributed by atoms with van der Waals surface area (Å²) in [5, 5.41) is 0. The number of ether oxygens (including phenoxy) is 1. The van der Waals surface area contributed by atoms with E-state index in [2.05, 4.69) is 4.98 Å². The van der Waals surface area contributed by atoms with Gasteiger partial charge in [-0.2, -0.15) is 0 Å². The van der Waals surface area contributed by atoms with Crippen molar-refractivity contribution >= 4 is 12.4 Å². The van der Waals surface area contributed by atoms with E-state index in [4.69, 9.17) is 10.5 Å². The van der Waals surface area contributed by atoms with Crippen molar-refractivity contribution in [1.82, 2.24) is 4.98 Å². The van der Waals surface area contributed by atoms with E-state index in [9.17, 15) is 0 Å². The van der Waals surface area contributed by atoms with E-state index in [0.29, 0.717) is 5.88 Å². The molecule has 2 aromatic rings. The quantitative estimate of drug-likeness (QED) is 0.909. The maximum atomic E-state index is 5.74. The predicted octanol–water partition coefficient (Wildman–Crippen LogP) is 3.32. The van der Waals surface area contributed by atoms with E-state index in [1.807, 2.05) is 49.4 Å². The molecule has 0 saturated heterocycles. The summed E-state index contributed by atoms with van der Waals surface area (Å²) >= 11 is 0. The van der Waals surface area contributed by atoms with Gasteiger partial charge >= 0.3 is 0 Å². The minimum atomic E-state index is -0.00160. The van der Waals surface area contributed by atoms with Crippen LogP contribution in [0.3, 0.4) is 0 Å². The molecule has 2 rings (SSSR count). The van der Waals surface area contributed by atoms with Gasteiger partial charge in [-0.1, -0.05) is 24.3 Å². The van der Waals surface area contributed by atoms with Gasteiger partial charge in [0.25, 0.3) is 0 Å². The van der Waals surface area contributed by atoms with Crippen molar-refractivity contribution in [3.05, 3.63) is 54.2 Å². The first kappa shape index (κ1) is 13.5. The summed E-state index contributed by atoms with van der Waals surface area (Å²) in [4.78, 5) is 4.19. The van der Waals surface area contributed by atoms with Crippen molar-refractivity contribution < 1.29 is 4.74 Å². The number of hydrogen-bond acceptors (Lipinski definition) is 3. The minimum Gasteiger partial charge on any atom is -0.439 e. The van der Waals surface area contributed by atoms with E-state index in [1.54, 1.807) is 6.20 Å². The fourth-order valence-electron chi connectivity index (χ4n) is 1.33. The lowest BCUT2D eigenvalue weighted by Crippen LogP contribution is -2.05. The SMILES string of the molecule is CC(N)c1ccc(Oc2ccccc2)nc1.Cl. The van der Waals surface area contributed by atoms with Crippen molar-refractivity contribution in [2.75, 3.05) is 0 Å². The zero-order valence-corrected chi connectivity index (χ0v) is 10.4. The van der Waals surface area contributed by atoms with Gasteiger partial charge in [0.1, 0.15) is 5.75 Å². The molecule has 1 aromatic carbocycles. The molecule has 0 aliphatic carbocycles. The van der Waals surface area contributed by atoms with Crippen LogP contribution in [0.15, 0.2) is 48.7 Å². The Labute approximate surface area is 107 Å². The highest BCUT2D eigenvalue weighted by atomic mass is 35.5. The zero-order valence-electron chi connectivity index (χ0n) is 9.54. The molecule has 0 radical (unpaired) electrons. The van der Waals surface area contributed by atoms with Crippen LogP contribution in [0.1, 0.15) is 18.5 Å². The Bertz CT molecular complexity index is 443. The summed E-state index contributed by atoms with van der Waals surface area (Å²) < 4.78 is 5.56. The first-order valence-electron chi connectivity index (χ1n) is 5.20. The third-order valence-corrected chi connectivity index (χ3v) is 2.25. The molecule has 0 spiro atoms. The first-order chi connectivity index (χ1) is 7.75. The number of halogens is 1. The Morgan fingerprint density at radius 1 is 1.12 bits per heavy atom. The van der Waals surface area contributed by atoms with Crippen LogP contribution in [0.25, 0.3) is 0 Å². The van der Waals surface area contributed by atoms with Gasteiger partial charge < -0.3 is 10.5 Å². The van der Waals surface area contributed by atoms with Crippen LogP contribution in [0.4, 0.5) is 0 Å². The van der Waals surface area contributed by atoms with E-state index in [-0.39, 0.29) is 18.4 Å². The number of aromatic nitrogens is 1. The van der Waals surface area contributed by atoms with E-state index >= 15 is 0 Å². The molecule has 2 N–H and O–H groups in total. The van der Waals surface area contributed by atoms with Crippen LogP contribution < -0.4 is 10.5 Å². The zero-order chi connectivity index (χ0) is 11.4. The van der Waals surface area contributed by atoms with Crippen LogP contribution in [0, 0.1) is 0 Å². The van der Waals surface area contributed by atoms with E-state index in [0.717, 1.165) is 11.3 Å². The Morgan fingerprint density at radius 3 is 2.35 bits per heavy atom. The summed E-state index contributed by atoms with van der Waals surface area (Å²) in [5.41, 5.74) is 6.74. The highest BCUT2D eigenvalue weighted by Crippen LogP contribution is 2.19. The number of benzene rings is 1. The Balaban J connectivity index is 0.00000144. The molecular formula is C13H15ClN2O. The average molecular weight is 251 g/mol. The van der Waals surface area contributed by atoms with Gasteiger partial charge in [0.2, 0.25) is 5.88 Å². The van der Waals surface area contributed by atoms with Crippen molar-refractivity contribution in [1.29, 1.82) is 0 Å². The topological polar surface area (TPSA) is 48.1 Å². The van der Waals surface area contributed by atoms with Crippen LogP contribution in [0.2, 0.25) is 0 Å². The second-order valence-corrected chi connectivity index (χ2v) is 3.63. The number of para-hydroxylation sites is 1. The maximum absolute atomic E-state index is 5.74. The molecule has 0 bridgehead atoms. The van der Waals surface area contributed by atoms with E-state index < -0.39 is 0 Å². The summed E-state index contributed by atoms with van der Waals surface area (Å²) in [6, 6.07) is 13.3. The molecule has 4 heteroatoms. The van der Waals surface area contributed by atoms with Crippen molar-refractivity contribution in [2.45, 2.75) is 13.0 Å². The van der Waals surface area contributed by atoms with E-state index in [1.165, 1.54) is 0 Å². The summed E-state index contributed by atoms with van der Waals surface area (Å²) in [5.74, 6) is 1.36.